The molecule has 0 bridgehead atoms. The molecule has 0 amide bonds. The van der Waals surface area contributed by atoms with Gasteiger partial charge in [-0.2, -0.15) is 0 Å². The van der Waals surface area contributed by atoms with Crippen LogP contribution >= 0.6 is 0 Å². The molecule has 0 aliphatic heterocycles. The molecule has 3 N–H and O–H groups in total. The first-order chi connectivity index (χ1) is 13.9. The number of carboxylic acids is 1. The highest BCUT2D eigenvalue weighted by Gasteiger charge is 2.45. The number of carboxylic acid groups (broad SMARTS) is 1. The molecule has 2 fully saturated rings. The van der Waals surface area contributed by atoms with Crippen LogP contribution in [0.5, 0.6) is 0 Å². The summed E-state index contributed by atoms with van der Waals surface area (Å²) in [6.45, 7) is 0. The van der Waals surface area contributed by atoms with Crippen LogP contribution in [0.2, 0.25) is 0 Å². The van der Waals surface area contributed by atoms with Gasteiger partial charge in [0.15, 0.2) is 0 Å². The van der Waals surface area contributed by atoms with Crippen LogP contribution in [-0.4, -0.2) is 22.9 Å². The van der Waals surface area contributed by atoms with Crippen molar-refractivity contribution < 1.29 is 23.5 Å². The summed E-state index contributed by atoms with van der Waals surface area (Å²) < 4.78 is 30.9. The molecule has 0 spiro atoms. The molecule has 4 nitrogen and oxygen atoms in total. The van der Waals surface area contributed by atoms with Gasteiger partial charge in [-0.15, -0.1) is 0 Å². The summed E-state index contributed by atoms with van der Waals surface area (Å²) in [6, 6.07) is 1.06. The number of hydrogen-bond acceptors (Lipinski definition) is 3. The van der Waals surface area contributed by atoms with E-state index in [0.717, 1.165) is 31.7 Å². The Morgan fingerprint density at radius 3 is 2.59 bits per heavy atom. The predicted molar refractivity (Wildman–Crippen MR) is 103 cm³/mol. The zero-order chi connectivity index (χ0) is 20.4. The third-order valence-electron chi connectivity index (χ3n) is 7.27. The van der Waals surface area contributed by atoms with Crippen LogP contribution in [-0.2, 0) is 4.79 Å². The Kier molecular flexibility index (Phi) is 4.24. The first-order valence-electron chi connectivity index (χ1n) is 10.3. The number of carbonyl (C=O) groups is 2. The van der Waals surface area contributed by atoms with Gasteiger partial charge in [0.1, 0.15) is 17.2 Å². The summed E-state index contributed by atoms with van der Waals surface area (Å²) in [5.74, 6) is -3.69. The Bertz CT molecular complexity index is 979. The fourth-order valence-corrected chi connectivity index (χ4v) is 5.68. The number of rotatable bonds is 3. The van der Waals surface area contributed by atoms with Gasteiger partial charge in [-0.25, -0.2) is 13.6 Å². The van der Waals surface area contributed by atoms with Crippen molar-refractivity contribution in [2.24, 2.45) is 23.5 Å². The normalized spacial score (nSPS) is 33.3. The quantitative estimate of drug-likeness (QED) is 0.593. The van der Waals surface area contributed by atoms with E-state index in [1.807, 2.05) is 6.08 Å². The number of allylic oxidation sites excluding steroid dienone is 2. The van der Waals surface area contributed by atoms with E-state index in [1.165, 1.54) is 6.08 Å². The highest BCUT2D eigenvalue weighted by atomic mass is 19.1. The van der Waals surface area contributed by atoms with E-state index < -0.39 is 40.4 Å². The van der Waals surface area contributed by atoms with Gasteiger partial charge < -0.3 is 10.8 Å². The average molecular weight is 399 g/mol. The van der Waals surface area contributed by atoms with Crippen LogP contribution < -0.4 is 5.73 Å². The third kappa shape index (κ3) is 2.88. The van der Waals surface area contributed by atoms with E-state index >= 15 is 8.78 Å². The first-order valence-corrected chi connectivity index (χ1v) is 10.3. The molecule has 0 saturated heterocycles. The van der Waals surface area contributed by atoms with Gasteiger partial charge in [0.2, 0.25) is 5.78 Å². The topological polar surface area (TPSA) is 80.4 Å². The summed E-state index contributed by atoms with van der Waals surface area (Å²) in [6.07, 6.45) is 9.39. The van der Waals surface area contributed by atoms with Crippen molar-refractivity contribution in [2.45, 2.75) is 50.0 Å². The van der Waals surface area contributed by atoms with Crippen molar-refractivity contribution in [3.63, 3.8) is 0 Å². The minimum Gasteiger partial charge on any atom is -0.478 e. The van der Waals surface area contributed by atoms with Gasteiger partial charge in [-0.3, -0.25) is 4.79 Å². The number of hydrogen-bond donors (Lipinski definition) is 2. The molecule has 29 heavy (non-hydrogen) atoms. The van der Waals surface area contributed by atoms with Gasteiger partial charge in [0, 0.05) is 17.5 Å². The maximum Gasteiger partial charge on any atom is 0.339 e. The Hall–Kier alpha value is -2.34. The van der Waals surface area contributed by atoms with Crippen LogP contribution in [0.25, 0.3) is 0 Å². The maximum atomic E-state index is 15.8. The van der Waals surface area contributed by atoms with Gasteiger partial charge in [-0.05, 0) is 67.4 Å². The SMILES string of the molecule is NC1C=CCC2CC(c3cc(F)c4c(c3F)C(C3CC3)C=C(C(=O)O)C4=O)CC12. The van der Waals surface area contributed by atoms with E-state index in [1.54, 1.807) is 0 Å². The summed E-state index contributed by atoms with van der Waals surface area (Å²) >= 11 is 0. The molecule has 2 saturated carbocycles. The molecule has 0 radical (unpaired) electrons. The van der Waals surface area contributed by atoms with Crippen LogP contribution in [0.15, 0.2) is 29.9 Å². The molecule has 4 aliphatic rings. The zero-order valence-electron chi connectivity index (χ0n) is 15.9. The third-order valence-corrected chi connectivity index (χ3v) is 7.27. The zero-order valence-corrected chi connectivity index (χ0v) is 15.9. The molecule has 6 heteroatoms. The lowest BCUT2D eigenvalue weighted by Crippen LogP contribution is -2.32. The van der Waals surface area contributed by atoms with Crippen LogP contribution in [0.4, 0.5) is 8.78 Å². The fraction of sp³-hybridized carbons (Fsp3) is 0.478. The van der Waals surface area contributed by atoms with Crippen molar-refractivity contribution in [1.82, 2.24) is 0 Å². The summed E-state index contributed by atoms with van der Waals surface area (Å²) in [4.78, 5) is 24.1. The number of Topliss-reactive ketones (excluding diaryl/α,β-unsaturated/α-hetero) is 1. The standard InChI is InChI=1S/C23H23F2NO3/c24-17-9-15(12-6-11-2-1-3-18(26)13(11)7-12)21(25)19-14(10-4-5-10)8-16(23(28)29)22(27)20(17)19/h1,3,8-14,18H,2,4-7,26H2,(H,28,29). The van der Waals surface area contributed by atoms with Crippen LogP contribution in [0, 0.1) is 29.4 Å². The van der Waals surface area contributed by atoms with E-state index in [9.17, 15) is 14.7 Å². The van der Waals surface area contributed by atoms with E-state index in [4.69, 9.17) is 5.73 Å². The first kappa shape index (κ1) is 18.7. The number of ketones is 1. The largest absolute Gasteiger partial charge is 0.478 e. The second-order valence-corrected chi connectivity index (χ2v) is 8.96. The lowest BCUT2D eigenvalue weighted by molar-refractivity contribution is -0.132. The number of aliphatic carboxylic acids is 1. The molecule has 0 heterocycles. The van der Waals surface area contributed by atoms with E-state index in [-0.39, 0.29) is 29.4 Å². The lowest BCUT2D eigenvalue weighted by Gasteiger charge is -2.26. The molecule has 5 unspecified atom stereocenters. The molecular weight excluding hydrogens is 376 g/mol. The van der Waals surface area contributed by atoms with Gasteiger partial charge in [-0.1, -0.05) is 18.2 Å². The van der Waals surface area contributed by atoms with Gasteiger partial charge in [0.05, 0.1) is 5.56 Å². The minimum absolute atomic E-state index is 0.0594. The van der Waals surface area contributed by atoms with Crippen molar-refractivity contribution in [1.29, 1.82) is 0 Å². The molecule has 5 rings (SSSR count). The Balaban J connectivity index is 1.59. The molecule has 5 atom stereocenters. The average Bonchev–Trinajstić information content (AvgIpc) is 3.42. The number of fused-ring (bicyclic) bond motifs is 2. The van der Waals surface area contributed by atoms with Gasteiger partial charge in [0.25, 0.3) is 0 Å². The smallest absolute Gasteiger partial charge is 0.339 e. The number of benzene rings is 1. The number of nitrogens with two attached hydrogens (primary N) is 1. The van der Waals surface area contributed by atoms with Crippen molar-refractivity contribution >= 4 is 11.8 Å². The molecule has 0 aromatic heterocycles. The molecule has 1 aromatic rings. The lowest BCUT2D eigenvalue weighted by atomic mass is 9.77. The number of halogens is 2. The molecule has 152 valence electrons. The highest BCUT2D eigenvalue weighted by Crippen LogP contribution is 2.52. The van der Waals surface area contributed by atoms with Crippen molar-refractivity contribution in [3.8, 4) is 0 Å². The second kappa shape index (κ2) is 6.59. The molecule has 4 aliphatic carbocycles. The molecular formula is C23H23F2NO3. The maximum absolute atomic E-state index is 15.8. The monoisotopic (exact) mass is 399 g/mol. The van der Waals surface area contributed by atoms with Gasteiger partial charge >= 0.3 is 5.97 Å². The Morgan fingerprint density at radius 1 is 1.17 bits per heavy atom. The summed E-state index contributed by atoms with van der Waals surface area (Å²) in [7, 11) is 0. The predicted octanol–water partition coefficient (Wildman–Crippen LogP) is 4.06. The van der Waals surface area contributed by atoms with Crippen molar-refractivity contribution in [2.75, 3.05) is 0 Å². The molecule has 1 aromatic carbocycles. The van der Waals surface area contributed by atoms with E-state index in [0.29, 0.717) is 17.9 Å². The van der Waals surface area contributed by atoms with Crippen LogP contribution in [0.3, 0.4) is 0 Å². The van der Waals surface area contributed by atoms with Crippen LogP contribution in [0.1, 0.15) is 65.4 Å². The Labute approximate surface area is 167 Å². The fourth-order valence-electron chi connectivity index (χ4n) is 5.68. The highest BCUT2D eigenvalue weighted by molar-refractivity contribution is 6.25. The summed E-state index contributed by atoms with van der Waals surface area (Å²) in [5, 5.41) is 9.36. The second-order valence-electron chi connectivity index (χ2n) is 8.96. The van der Waals surface area contributed by atoms with Crippen molar-refractivity contribution in [3.05, 3.63) is 58.2 Å². The summed E-state index contributed by atoms with van der Waals surface area (Å²) in [5.41, 5.74) is 5.74. The Morgan fingerprint density at radius 2 is 1.93 bits per heavy atom. The number of carbonyl (C=O) groups excluding carboxylic acids is 1. The van der Waals surface area contributed by atoms with E-state index in [2.05, 4.69) is 6.08 Å². The minimum atomic E-state index is -1.39.